The Bertz CT molecular complexity index is 954. The van der Waals surface area contributed by atoms with Gasteiger partial charge in [-0.05, 0) is 42.3 Å². The molecule has 4 N–H and O–H groups in total. The smallest absolute Gasteiger partial charge is 0.335 e. The molecule has 0 radical (unpaired) electrons. The summed E-state index contributed by atoms with van der Waals surface area (Å²) in [5.74, 6) is -0.747. The number of phenols is 1. The van der Waals surface area contributed by atoms with E-state index in [2.05, 4.69) is 10.6 Å². The van der Waals surface area contributed by atoms with Crippen molar-refractivity contribution >= 4 is 17.3 Å². The lowest BCUT2D eigenvalue weighted by molar-refractivity contribution is 0.0697. The van der Waals surface area contributed by atoms with Gasteiger partial charge in [-0.2, -0.15) is 0 Å². The average molecular weight is 362 g/mol. The summed E-state index contributed by atoms with van der Waals surface area (Å²) in [6, 6.07) is 20.1. The van der Waals surface area contributed by atoms with Crippen molar-refractivity contribution in [3.63, 3.8) is 0 Å². The molecule has 0 saturated heterocycles. The highest BCUT2D eigenvalue weighted by atomic mass is 16.4. The number of hydrogen-bond donors (Lipinski definition) is 4. The van der Waals surface area contributed by atoms with Crippen molar-refractivity contribution in [1.29, 1.82) is 0 Å². The summed E-state index contributed by atoms with van der Waals surface area (Å²) in [5, 5.41) is 25.8. The summed E-state index contributed by atoms with van der Waals surface area (Å²) in [6.07, 6.45) is 0. The fraction of sp³-hybridized carbons (Fsp3) is 0.136. The van der Waals surface area contributed by atoms with Crippen LogP contribution >= 0.6 is 0 Å². The molecule has 5 nitrogen and oxygen atoms in total. The van der Waals surface area contributed by atoms with E-state index in [0.29, 0.717) is 18.8 Å². The van der Waals surface area contributed by atoms with Gasteiger partial charge in [0.05, 0.1) is 16.9 Å². The van der Waals surface area contributed by atoms with Crippen molar-refractivity contribution in [2.45, 2.75) is 20.0 Å². The Morgan fingerprint density at radius 2 is 1.48 bits per heavy atom. The maximum atomic E-state index is 11.3. The van der Waals surface area contributed by atoms with Crippen LogP contribution in [0.15, 0.2) is 66.7 Å². The summed E-state index contributed by atoms with van der Waals surface area (Å²) in [5.41, 5.74) is 4.78. The van der Waals surface area contributed by atoms with Gasteiger partial charge in [0.2, 0.25) is 0 Å². The van der Waals surface area contributed by atoms with Gasteiger partial charge in [0.15, 0.2) is 0 Å². The monoisotopic (exact) mass is 362 g/mol. The number of rotatable bonds is 7. The van der Waals surface area contributed by atoms with Crippen molar-refractivity contribution in [2.75, 3.05) is 10.6 Å². The molecule has 3 rings (SSSR count). The third-order valence-corrected chi connectivity index (χ3v) is 4.46. The van der Waals surface area contributed by atoms with E-state index in [1.165, 1.54) is 5.56 Å². The first-order valence-electron chi connectivity index (χ1n) is 8.71. The van der Waals surface area contributed by atoms with Gasteiger partial charge in [-0.15, -0.1) is 0 Å². The Morgan fingerprint density at radius 3 is 2.19 bits per heavy atom. The summed E-state index contributed by atoms with van der Waals surface area (Å²) < 4.78 is 0. The minimum Gasteiger partial charge on any atom is -0.508 e. The van der Waals surface area contributed by atoms with Crippen LogP contribution in [0, 0.1) is 6.92 Å². The van der Waals surface area contributed by atoms with Gasteiger partial charge in [0, 0.05) is 18.7 Å². The highest BCUT2D eigenvalue weighted by Crippen LogP contribution is 2.26. The second kappa shape index (κ2) is 8.27. The fourth-order valence-corrected chi connectivity index (χ4v) is 2.83. The summed E-state index contributed by atoms with van der Waals surface area (Å²) in [7, 11) is 0. The molecule has 0 aromatic heterocycles. The quantitative estimate of drug-likeness (QED) is 0.493. The third-order valence-electron chi connectivity index (χ3n) is 4.46. The number of anilines is 2. The van der Waals surface area contributed by atoms with Crippen LogP contribution in [0.3, 0.4) is 0 Å². The molecule has 0 aliphatic carbocycles. The molecular weight excluding hydrogens is 340 g/mol. The van der Waals surface area contributed by atoms with E-state index in [4.69, 9.17) is 0 Å². The van der Waals surface area contributed by atoms with Crippen LogP contribution in [0.2, 0.25) is 0 Å². The van der Waals surface area contributed by atoms with Crippen LogP contribution in [0.25, 0.3) is 0 Å². The standard InChI is InChI=1S/C22H22N2O3/c1-15-6-2-3-7-17(15)13-24-20-12-16(22(26)27)10-11-19(20)23-14-18-8-4-5-9-21(18)25/h2-12,23-25H,13-14H2,1H3,(H,26,27). The predicted octanol–water partition coefficient (Wildman–Crippen LogP) is 4.62. The van der Waals surface area contributed by atoms with Crippen LogP contribution in [0.1, 0.15) is 27.0 Å². The maximum Gasteiger partial charge on any atom is 0.335 e. The van der Waals surface area contributed by atoms with Crippen LogP contribution in [0.4, 0.5) is 11.4 Å². The van der Waals surface area contributed by atoms with Gasteiger partial charge in [0.25, 0.3) is 0 Å². The molecule has 0 fully saturated rings. The second-order valence-corrected chi connectivity index (χ2v) is 6.33. The van der Waals surface area contributed by atoms with Gasteiger partial charge < -0.3 is 20.8 Å². The second-order valence-electron chi connectivity index (χ2n) is 6.33. The Morgan fingerprint density at radius 1 is 0.852 bits per heavy atom. The van der Waals surface area contributed by atoms with E-state index < -0.39 is 5.97 Å². The lowest BCUT2D eigenvalue weighted by Gasteiger charge is -2.16. The molecule has 3 aromatic rings. The molecule has 0 unspecified atom stereocenters. The average Bonchev–Trinajstić information content (AvgIpc) is 2.67. The number of para-hydroxylation sites is 1. The van der Waals surface area contributed by atoms with E-state index in [1.807, 2.05) is 43.3 Å². The predicted molar refractivity (Wildman–Crippen MR) is 107 cm³/mol. The van der Waals surface area contributed by atoms with Gasteiger partial charge in [-0.25, -0.2) is 4.79 Å². The molecule has 3 aromatic carbocycles. The van der Waals surface area contributed by atoms with Crippen molar-refractivity contribution in [3.8, 4) is 5.75 Å². The molecule has 0 heterocycles. The van der Waals surface area contributed by atoms with Crippen LogP contribution < -0.4 is 10.6 Å². The van der Waals surface area contributed by atoms with Gasteiger partial charge in [-0.1, -0.05) is 42.5 Å². The summed E-state index contributed by atoms with van der Waals surface area (Å²) in [4.78, 5) is 11.3. The van der Waals surface area contributed by atoms with Crippen molar-refractivity contribution < 1.29 is 15.0 Å². The zero-order valence-electron chi connectivity index (χ0n) is 15.1. The van der Waals surface area contributed by atoms with E-state index in [0.717, 1.165) is 16.8 Å². The molecule has 27 heavy (non-hydrogen) atoms. The third kappa shape index (κ3) is 4.58. The number of benzene rings is 3. The van der Waals surface area contributed by atoms with Gasteiger partial charge in [-0.3, -0.25) is 0 Å². The lowest BCUT2D eigenvalue weighted by Crippen LogP contribution is -2.08. The molecule has 138 valence electrons. The lowest BCUT2D eigenvalue weighted by atomic mass is 10.1. The number of aromatic hydroxyl groups is 1. The molecular formula is C22H22N2O3. The van der Waals surface area contributed by atoms with Crippen molar-refractivity contribution in [2.24, 2.45) is 0 Å². The molecule has 0 aliphatic rings. The largest absolute Gasteiger partial charge is 0.508 e. The first kappa shape index (κ1) is 18.3. The van der Waals surface area contributed by atoms with E-state index in [9.17, 15) is 15.0 Å². The highest BCUT2D eigenvalue weighted by Gasteiger charge is 2.10. The van der Waals surface area contributed by atoms with E-state index in [-0.39, 0.29) is 11.3 Å². The SMILES string of the molecule is Cc1ccccc1CNc1cc(C(=O)O)ccc1NCc1ccccc1O. The zero-order valence-corrected chi connectivity index (χ0v) is 15.1. The zero-order chi connectivity index (χ0) is 19.2. The molecule has 0 saturated carbocycles. The highest BCUT2D eigenvalue weighted by molar-refractivity contribution is 5.90. The van der Waals surface area contributed by atoms with E-state index >= 15 is 0 Å². The number of aryl methyl sites for hydroxylation is 1. The number of carboxylic acids is 1. The maximum absolute atomic E-state index is 11.3. The first-order chi connectivity index (χ1) is 13.0. The number of hydrogen-bond acceptors (Lipinski definition) is 4. The van der Waals surface area contributed by atoms with Crippen LogP contribution in [0.5, 0.6) is 5.75 Å². The molecule has 0 spiro atoms. The van der Waals surface area contributed by atoms with E-state index in [1.54, 1.807) is 30.3 Å². The molecule has 5 heteroatoms. The Kier molecular flexibility index (Phi) is 5.61. The van der Waals surface area contributed by atoms with Crippen LogP contribution in [-0.2, 0) is 13.1 Å². The number of carbonyl (C=O) groups is 1. The summed E-state index contributed by atoms with van der Waals surface area (Å²) in [6.45, 7) is 3.06. The molecule has 0 atom stereocenters. The van der Waals surface area contributed by atoms with Gasteiger partial charge >= 0.3 is 5.97 Å². The normalized spacial score (nSPS) is 10.4. The Labute approximate surface area is 158 Å². The Hall–Kier alpha value is -3.47. The Balaban J connectivity index is 1.81. The molecule has 0 amide bonds. The minimum absolute atomic E-state index is 0.218. The molecule has 0 bridgehead atoms. The van der Waals surface area contributed by atoms with Crippen molar-refractivity contribution in [1.82, 2.24) is 0 Å². The molecule has 0 aliphatic heterocycles. The van der Waals surface area contributed by atoms with Gasteiger partial charge in [0.1, 0.15) is 5.75 Å². The first-order valence-corrected chi connectivity index (χ1v) is 8.71. The fourth-order valence-electron chi connectivity index (χ4n) is 2.83. The number of phenolic OH excluding ortho intramolecular Hbond substituents is 1. The minimum atomic E-state index is -0.971. The topological polar surface area (TPSA) is 81.6 Å². The number of nitrogens with one attached hydrogen (secondary N) is 2. The van der Waals surface area contributed by atoms with Crippen LogP contribution in [-0.4, -0.2) is 16.2 Å². The van der Waals surface area contributed by atoms with Crippen molar-refractivity contribution in [3.05, 3.63) is 89.0 Å². The number of carboxylic acid groups (broad SMARTS) is 1. The number of aromatic carboxylic acids is 1. The summed E-state index contributed by atoms with van der Waals surface area (Å²) >= 11 is 0.